The molecule has 0 fully saturated rings. The second-order valence-electron chi connectivity index (χ2n) is 2.04. The van der Waals surface area contributed by atoms with Gasteiger partial charge >= 0.3 is 6.18 Å². The highest BCUT2D eigenvalue weighted by Crippen LogP contribution is 2.32. The number of hydrogen-bond acceptors (Lipinski definition) is 2. The number of alkyl halides is 3. The number of nitrogens with zero attached hydrogens (tertiary/aromatic N) is 3. The maximum atomic E-state index is 12.1. The highest BCUT2D eigenvalue weighted by atomic mass is 35.5. The third-order valence-corrected chi connectivity index (χ3v) is 1.52. The summed E-state index contributed by atoms with van der Waals surface area (Å²) in [7, 11) is 0. The Labute approximate surface area is 71.1 Å². The first-order valence-electron chi connectivity index (χ1n) is 3.13. The summed E-state index contributed by atoms with van der Waals surface area (Å²) in [4.78, 5) is 0. The number of aryl methyl sites for hydroxylation is 1. The van der Waals surface area contributed by atoms with E-state index < -0.39 is 17.0 Å². The van der Waals surface area contributed by atoms with Crippen LogP contribution in [0.4, 0.5) is 13.2 Å². The van der Waals surface area contributed by atoms with Crippen LogP contribution < -0.4 is 0 Å². The van der Waals surface area contributed by atoms with Crippen LogP contribution in [0, 0.1) is 0 Å². The minimum atomic E-state index is -4.49. The normalized spacial score (nSPS) is 12.1. The molecule has 0 aliphatic carbocycles. The summed E-state index contributed by atoms with van der Waals surface area (Å²) in [6.07, 6.45) is -4.49. The fourth-order valence-electron chi connectivity index (χ4n) is 0.776. The summed E-state index contributed by atoms with van der Waals surface area (Å²) >= 11 is 5.19. The molecule has 0 N–H and O–H groups in total. The average molecular weight is 200 g/mol. The van der Waals surface area contributed by atoms with Gasteiger partial charge in [-0.2, -0.15) is 13.2 Å². The lowest BCUT2D eigenvalue weighted by Gasteiger charge is -2.06. The van der Waals surface area contributed by atoms with Crippen molar-refractivity contribution in [1.29, 1.82) is 0 Å². The molecule has 0 aromatic carbocycles. The van der Waals surface area contributed by atoms with E-state index in [1.165, 1.54) is 6.92 Å². The van der Waals surface area contributed by atoms with Gasteiger partial charge in [-0.15, -0.1) is 5.10 Å². The first kappa shape index (κ1) is 9.31. The van der Waals surface area contributed by atoms with Crippen molar-refractivity contribution in [3.63, 3.8) is 0 Å². The summed E-state index contributed by atoms with van der Waals surface area (Å²) < 4.78 is 37.1. The highest BCUT2D eigenvalue weighted by Gasteiger charge is 2.38. The minimum Gasteiger partial charge on any atom is -0.239 e. The first-order chi connectivity index (χ1) is 5.46. The Kier molecular flexibility index (Phi) is 2.27. The van der Waals surface area contributed by atoms with E-state index in [4.69, 9.17) is 11.6 Å². The van der Waals surface area contributed by atoms with E-state index >= 15 is 0 Å². The molecule has 0 saturated heterocycles. The van der Waals surface area contributed by atoms with Crippen molar-refractivity contribution in [3.8, 4) is 0 Å². The van der Waals surface area contributed by atoms with Crippen molar-refractivity contribution < 1.29 is 13.2 Å². The van der Waals surface area contributed by atoms with Crippen molar-refractivity contribution in [3.05, 3.63) is 10.8 Å². The van der Waals surface area contributed by atoms with Crippen molar-refractivity contribution in [2.24, 2.45) is 0 Å². The Morgan fingerprint density at radius 2 is 2.08 bits per heavy atom. The van der Waals surface area contributed by atoms with E-state index in [0.717, 1.165) is 0 Å². The van der Waals surface area contributed by atoms with Gasteiger partial charge in [-0.1, -0.05) is 16.8 Å². The second-order valence-corrected chi connectivity index (χ2v) is 2.40. The molecule has 0 unspecified atom stereocenters. The molecular formula is C5H5ClF3N3. The molecule has 0 aliphatic heterocycles. The molecule has 1 rings (SSSR count). The average Bonchev–Trinajstić information content (AvgIpc) is 2.29. The summed E-state index contributed by atoms with van der Waals surface area (Å²) in [6.45, 7) is 1.62. The van der Waals surface area contributed by atoms with Gasteiger partial charge in [-0.25, -0.2) is 4.68 Å². The highest BCUT2D eigenvalue weighted by molar-refractivity contribution is 6.30. The maximum Gasteiger partial charge on any atom is 0.436 e. The zero-order chi connectivity index (χ0) is 9.35. The van der Waals surface area contributed by atoms with Gasteiger partial charge < -0.3 is 0 Å². The van der Waals surface area contributed by atoms with Gasteiger partial charge in [-0.3, -0.25) is 0 Å². The van der Waals surface area contributed by atoms with Crippen LogP contribution in [0.5, 0.6) is 0 Å². The lowest BCUT2D eigenvalue weighted by atomic mass is 10.4. The van der Waals surface area contributed by atoms with Gasteiger partial charge in [0.15, 0.2) is 10.8 Å². The summed E-state index contributed by atoms with van der Waals surface area (Å²) in [5, 5.41) is 5.72. The molecule has 0 spiro atoms. The summed E-state index contributed by atoms with van der Waals surface area (Å²) in [5.41, 5.74) is -0.994. The van der Waals surface area contributed by atoms with Crippen molar-refractivity contribution >= 4 is 11.6 Å². The van der Waals surface area contributed by atoms with Crippen LogP contribution in [0.2, 0.25) is 5.15 Å². The van der Waals surface area contributed by atoms with Gasteiger partial charge in [0.25, 0.3) is 0 Å². The lowest BCUT2D eigenvalue weighted by Crippen LogP contribution is -2.14. The number of halogens is 4. The van der Waals surface area contributed by atoms with Crippen molar-refractivity contribution in [2.75, 3.05) is 0 Å². The number of rotatable bonds is 1. The monoisotopic (exact) mass is 199 g/mol. The van der Waals surface area contributed by atoms with Gasteiger partial charge in [0.2, 0.25) is 0 Å². The van der Waals surface area contributed by atoms with Crippen molar-refractivity contribution in [1.82, 2.24) is 15.0 Å². The van der Waals surface area contributed by atoms with Crippen molar-refractivity contribution in [2.45, 2.75) is 19.6 Å². The molecule has 0 bridgehead atoms. The Morgan fingerprint density at radius 3 is 2.42 bits per heavy atom. The molecule has 0 amide bonds. The lowest BCUT2D eigenvalue weighted by molar-refractivity contribution is -0.144. The van der Waals surface area contributed by atoms with Crippen LogP contribution in [-0.4, -0.2) is 15.0 Å². The van der Waals surface area contributed by atoms with Gasteiger partial charge in [-0.05, 0) is 6.92 Å². The fraction of sp³-hybridized carbons (Fsp3) is 0.600. The van der Waals surface area contributed by atoms with Crippen LogP contribution in [-0.2, 0) is 12.7 Å². The quantitative estimate of drug-likeness (QED) is 0.692. The zero-order valence-electron chi connectivity index (χ0n) is 6.06. The summed E-state index contributed by atoms with van der Waals surface area (Å²) in [6, 6.07) is 0. The molecule has 3 nitrogen and oxygen atoms in total. The number of aromatic nitrogens is 3. The van der Waals surface area contributed by atoms with E-state index in [1.54, 1.807) is 0 Å². The Morgan fingerprint density at radius 1 is 1.50 bits per heavy atom. The first-order valence-corrected chi connectivity index (χ1v) is 3.50. The van der Waals surface area contributed by atoms with E-state index in [-0.39, 0.29) is 6.54 Å². The predicted octanol–water partition coefficient (Wildman–Crippen LogP) is 1.97. The molecule has 1 aromatic heterocycles. The third-order valence-electron chi connectivity index (χ3n) is 1.26. The van der Waals surface area contributed by atoms with E-state index in [2.05, 4.69) is 10.3 Å². The molecule has 0 aliphatic rings. The molecule has 0 saturated carbocycles. The second kappa shape index (κ2) is 2.93. The SMILES string of the molecule is CCn1nnc(Cl)c1C(F)(F)F. The largest absolute Gasteiger partial charge is 0.436 e. The van der Waals surface area contributed by atoms with Crippen LogP contribution in [0.15, 0.2) is 0 Å². The van der Waals surface area contributed by atoms with E-state index in [1.807, 2.05) is 0 Å². The predicted molar refractivity (Wildman–Crippen MR) is 35.7 cm³/mol. The van der Waals surface area contributed by atoms with Crippen LogP contribution in [0.1, 0.15) is 12.6 Å². The van der Waals surface area contributed by atoms with Gasteiger partial charge in [0.05, 0.1) is 0 Å². The molecule has 0 atom stereocenters. The van der Waals surface area contributed by atoms with Crippen LogP contribution in [0.25, 0.3) is 0 Å². The molecule has 68 valence electrons. The Balaban J connectivity index is 3.19. The Hall–Kier alpha value is -0.780. The van der Waals surface area contributed by atoms with Crippen LogP contribution in [0.3, 0.4) is 0 Å². The standard InChI is InChI=1S/C5H5ClF3N3/c1-2-12-3(5(7,8)9)4(6)10-11-12/h2H2,1H3. The number of hydrogen-bond donors (Lipinski definition) is 0. The Bertz CT molecular complexity index is 280. The van der Waals surface area contributed by atoms with E-state index in [0.29, 0.717) is 4.68 Å². The topological polar surface area (TPSA) is 30.7 Å². The molecule has 12 heavy (non-hydrogen) atoms. The third kappa shape index (κ3) is 1.52. The van der Waals surface area contributed by atoms with E-state index in [9.17, 15) is 13.2 Å². The smallest absolute Gasteiger partial charge is 0.239 e. The van der Waals surface area contributed by atoms with Gasteiger partial charge in [0.1, 0.15) is 0 Å². The molecule has 1 heterocycles. The fourth-order valence-corrected chi connectivity index (χ4v) is 1.01. The van der Waals surface area contributed by atoms with Crippen LogP contribution >= 0.6 is 11.6 Å². The van der Waals surface area contributed by atoms with Gasteiger partial charge in [0, 0.05) is 6.54 Å². The molecular weight excluding hydrogens is 195 g/mol. The molecule has 0 radical (unpaired) electrons. The zero-order valence-corrected chi connectivity index (χ0v) is 6.82. The molecule has 7 heteroatoms. The molecule has 1 aromatic rings. The maximum absolute atomic E-state index is 12.1. The minimum absolute atomic E-state index is 0.0918. The summed E-state index contributed by atoms with van der Waals surface area (Å²) in [5.74, 6) is 0.